The molecule has 2 fully saturated rings. The van der Waals surface area contributed by atoms with Crippen LogP contribution in [0.1, 0.15) is 49.1 Å². The summed E-state index contributed by atoms with van der Waals surface area (Å²) < 4.78 is 33.7. The highest BCUT2D eigenvalue weighted by molar-refractivity contribution is 7.89. The first-order chi connectivity index (χ1) is 20.4. The molecule has 0 aromatic heterocycles. The Hall–Kier alpha value is -3.20. The average molecular weight is 590 g/mol. The van der Waals surface area contributed by atoms with E-state index < -0.39 is 10.0 Å². The van der Waals surface area contributed by atoms with Crippen molar-refractivity contribution in [2.75, 3.05) is 39.8 Å². The number of hydrogen-bond donors (Lipinski definition) is 0. The average Bonchev–Trinajstić information content (AvgIpc) is 3.86. The van der Waals surface area contributed by atoms with Gasteiger partial charge in [-0.05, 0) is 73.7 Å². The highest BCUT2D eigenvalue weighted by Gasteiger charge is 2.34. The third-order valence-electron chi connectivity index (χ3n) is 8.58. The fourth-order valence-electron chi connectivity index (χ4n) is 5.82. The van der Waals surface area contributed by atoms with Crippen LogP contribution < -0.4 is 0 Å². The van der Waals surface area contributed by atoms with Gasteiger partial charge in [0.25, 0.3) is 0 Å². The summed E-state index contributed by atoms with van der Waals surface area (Å²) in [5.74, 6) is 0.676. The predicted molar refractivity (Wildman–Crippen MR) is 166 cm³/mol. The van der Waals surface area contributed by atoms with Crippen molar-refractivity contribution in [1.82, 2.24) is 14.1 Å². The summed E-state index contributed by atoms with van der Waals surface area (Å²) in [5, 5.41) is 0. The van der Waals surface area contributed by atoms with Crippen molar-refractivity contribution in [3.63, 3.8) is 0 Å². The van der Waals surface area contributed by atoms with Crippen molar-refractivity contribution in [2.24, 2.45) is 5.92 Å². The first-order valence-corrected chi connectivity index (χ1v) is 16.6. The van der Waals surface area contributed by atoms with Crippen molar-refractivity contribution in [2.45, 2.75) is 55.6 Å². The lowest BCUT2D eigenvalue weighted by molar-refractivity contribution is 0.0580. The van der Waals surface area contributed by atoms with Crippen molar-refractivity contribution in [1.29, 1.82) is 0 Å². The van der Waals surface area contributed by atoms with Crippen molar-refractivity contribution in [3.05, 3.63) is 102 Å². The number of piperidine rings is 1. The number of sulfonamides is 1. The smallest absolute Gasteiger partial charge is 0.410 e. The Bertz CT molecular complexity index is 1360. The highest BCUT2D eigenvalue weighted by Crippen LogP contribution is 2.32. The lowest BCUT2D eigenvalue weighted by Crippen LogP contribution is -2.48. The van der Waals surface area contributed by atoms with Gasteiger partial charge in [0.15, 0.2) is 0 Å². The van der Waals surface area contributed by atoms with E-state index in [1.54, 1.807) is 31.3 Å². The maximum Gasteiger partial charge on any atom is 0.410 e. The first-order valence-electron chi connectivity index (χ1n) is 15.2. The highest BCUT2D eigenvalue weighted by atomic mass is 32.2. The van der Waals surface area contributed by atoms with Gasteiger partial charge in [0.1, 0.15) is 6.61 Å². The largest absolute Gasteiger partial charge is 0.445 e. The van der Waals surface area contributed by atoms with Crippen molar-refractivity contribution >= 4 is 16.1 Å². The summed E-state index contributed by atoms with van der Waals surface area (Å²) in [6, 6.07) is 28.9. The van der Waals surface area contributed by atoms with Crippen LogP contribution in [0.25, 0.3) is 0 Å². The maximum absolute atomic E-state index is 13.2. The molecule has 1 saturated heterocycles. The van der Waals surface area contributed by atoms with E-state index in [2.05, 4.69) is 17.0 Å². The van der Waals surface area contributed by atoms with E-state index in [0.717, 1.165) is 56.6 Å². The van der Waals surface area contributed by atoms with Gasteiger partial charge in [-0.2, -0.15) is 0 Å². The Balaban J connectivity index is 1.16. The van der Waals surface area contributed by atoms with Gasteiger partial charge in [0.05, 0.1) is 4.90 Å². The minimum atomic E-state index is -3.57. The molecule has 1 saturated carbocycles. The molecule has 42 heavy (non-hydrogen) atoms. The van der Waals surface area contributed by atoms with Gasteiger partial charge in [-0.3, -0.25) is 0 Å². The van der Waals surface area contributed by atoms with Crippen LogP contribution in [0.5, 0.6) is 0 Å². The zero-order valence-corrected chi connectivity index (χ0v) is 25.4. The fraction of sp³-hybridized carbons (Fsp3) is 0.441. The topological polar surface area (TPSA) is 70.2 Å². The second-order valence-corrected chi connectivity index (χ2v) is 13.7. The third-order valence-corrected chi connectivity index (χ3v) is 10.4. The molecule has 0 spiro atoms. The number of likely N-dealkylation sites (N-methyl/N-ethyl adjacent to an activating group) is 1. The molecule has 3 aromatic carbocycles. The van der Waals surface area contributed by atoms with Gasteiger partial charge in [-0.25, -0.2) is 17.5 Å². The minimum Gasteiger partial charge on any atom is -0.445 e. The van der Waals surface area contributed by atoms with E-state index >= 15 is 0 Å². The molecular weight excluding hydrogens is 546 g/mol. The Morgan fingerprint density at radius 3 is 2.10 bits per heavy atom. The molecule has 0 N–H and O–H groups in total. The zero-order valence-electron chi connectivity index (χ0n) is 24.6. The van der Waals surface area contributed by atoms with Crippen LogP contribution in [-0.4, -0.2) is 74.4 Å². The standard InChI is InChI=1S/C34H43N3O4S/c1-35(42(39,40)33-15-9-4-10-16-33)26-31(30-13-7-3-8-14-30)19-22-36-23-20-32(21-24-36)37(25-28-17-18-28)34(38)41-27-29-11-5-2-6-12-29/h2-16,28,31-32H,17-27H2,1H3. The van der Waals surface area contributed by atoms with E-state index in [1.807, 2.05) is 59.5 Å². The lowest BCUT2D eigenvalue weighted by atomic mass is 9.94. The van der Waals surface area contributed by atoms with Crippen LogP contribution in [0.2, 0.25) is 0 Å². The molecule has 2 aliphatic rings. The molecule has 8 heteroatoms. The van der Waals surface area contributed by atoms with Crippen LogP contribution in [0.4, 0.5) is 4.79 Å². The molecule has 1 unspecified atom stereocenters. The Morgan fingerprint density at radius 2 is 1.48 bits per heavy atom. The van der Waals surface area contributed by atoms with Crippen molar-refractivity contribution < 1.29 is 17.9 Å². The number of hydrogen-bond acceptors (Lipinski definition) is 5. The zero-order chi connectivity index (χ0) is 29.4. The van der Waals surface area contributed by atoms with Crippen molar-refractivity contribution in [3.8, 4) is 0 Å². The first kappa shape index (κ1) is 30.3. The minimum absolute atomic E-state index is 0.0757. The van der Waals surface area contributed by atoms with Gasteiger partial charge < -0.3 is 14.5 Å². The van der Waals surface area contributed by atoms with E-state index in [0.29, 0.717) is 24.0 Å². The quantitative estimate of drug-likeness (QED) is 0.245. The van der Waals surface area contributed by atoms with Gasteiger partial charge in [0.2, 0.25) is 10.0 Å². The summed E-state index contributed by atoms with van der Waals surface area (Å²) in [7, 11) is -1.89. The number of benzene rings is 3. The molecule has 1 aliphatic heterocycles. The monoisotopic (exact) mass is 589 g/mol. The molecule has 1 amide bonds. The number of carbonyl (C=O) groups excluding carboxylic acids is 1. The van der Waals surface area contributed by atoms with E-state index in [4.69, 9.17) is 4.74 Å². The molecule has 3 aromatic rings. The number of ether oxygens (including phenoxy) is 1. The number of nitrogens with zero attached hydrogens (tertiary/aromatic N) is 3. The molecule has 1 atom stereocenters. The van der Waals surface area contributed by atoms with Gasteiger partial charge >= 0.3 is 6.09 Å². The van der Waals surface area contributed by atoms with Crippen LogP contribution >= 0.6 is 0 Å². The van der Waals surface area contributed by atoms with Crippen LogP contribution in [-0.2, 0) is 21.4 Å². The molecule has 224 valence electrons. The fourth-order valence-corrected chi connectivity index (χ4v) is 7.05. The molecule has 0 bridgehead atoms. The number of carbonyl (C=O) groups is 1. The normalized spacial score (nSPS) is 17.2. The summed E-state index contributed by atoms with van der Waals surface area (Å²) in [4.78, 5) is 17.9. The predicted octanol–water partition coefficient (Wildman–Crippen LogP) is 5.99. The van der Waals surface area contributed by atoms with Crippen LogP contribution in [0.3, 0.4) is 0 Å². The van der Waals surface area contributed by atoms with Crippen LogP contribution in [0, 0.1) is 5.92 Å². The molecule has 5 rings (SSSR count). The molecule has 7 nitrogen and oxygen atoms in total. The maximum atomic E-state index is 13.2. The molecule has 0 radical (unpaired) electrons. The lowest BCUT2D eigenvalue weighted by Gasteiger charge is -2.38. The molecule has 1 aliphatic carbocycles. The summed E-state index contributed by atoms with van der Waals surface area (Å²) >= 11 is 0. The Morgan fingerprint density at radius 1 is 0.881 bits per heavy atom. The Kier molecular flexibility index (Phi) is 10.3. The van der Waals surface area contributed by atoms with E-state index in [9.17, 15) is 13.2 Å². The molecule has 1 heterocycles. The SMILES string of the molecule is CN(CC(CCN1CCC(N(CC2CC2)C(=O)OCc2ccccc2)CC1)c1ccccc1)S(=O)(=O)c1ccccc1. The summed E-state index contributed by atoms with van der Waals surface area (Å²) in [6.07, 6.45) is 4.88. The second-order valence-electron chi connectivity index (χ2n) is 11.7. The number of likely N-dealkylation sites (tertiary alicyclic amines) is 1. The number of rotatable bonds is 13. The van der Waals surface area contributed by atoms with E-state index in [-0.39, 0.29) is 18.1 Å². The second kappa shape index (κ2) is 14.3. The van der Waals surface area contributed by atoms with Gasteiger partial charge in [0, 0.05) is 39.3 Å². The van der Waals surface area contributed by atoms with E-state index in [1.165, 1.54) is 17.1 Å². The number of amides is 1. The summed E-state index contributed by atoms with van der Waals surface area (Å²) in [6.45, 7) is 4.22. The third kappa shape index (κ3) is 8.21. The van der Waals surface area contributed by atoms with Gasteiger partial charge in [-0.15, -0.1) is 0 Å². The van der Waals surface area contributed by atoms with Gasteiger partial charge in [-0.1, -0.05) is 78.9 Å². The summed E-state index contributed by atoms with van der Waals surface area (Å²) in [5.41, 5.74) is 2.15. The van der Waals surface area contributed by atoms with Crippen LogP contribution in [0.15, 0.2) is 95.9 Å². The molecular formula is C34H43N3O4S. The Labute approximate surface area is 251 Å².